The lowest BCUT2D eigenvalue weighted by molar-refractivity contribution is 0.0990. The van der Waals surface area contributed by atoms with E-state index in [2.05, 4.69) is 10.3 Å². The Balaban J connectivity index is 1.82. The monoisotopic (exact) mass is 226 g/mol. The third-order valence-electron chi connectivity index (χ3n) is 2.41. The van der Waals surface area contributed by atoms with Crippen LogP contribution in [0.4, 0.5) is 0 Å². The van der Waals surface area contributed by atoms with Crippen molar-refractivity contribution < 1.29 is 4.79 Å². The van der Waals surface area contributed by atoms with Crippen molar-refractivity contribution in [1.29, 1.82) is 0 Å². The topological polar surface area (TPSA) is 42.0 Å². The predicted octanol–water partition coefficient (Wildman–Crippen LogP) is 2.05. The normalized spacial score (nSPS) is 10.1. The summed E-state index contributed by atoms with van der Waals surface area (Å²) >= 11 is 0. The van der Waals surface area contributed by atoms with E-state index < -0.39 is 0 Å². The Hall–Kier alpha value is -2.00. The second-order valence-corrected chi connectivity index (χ2v) is 3.71. The molecule has 2 aromatic rings. The fourth-order valence-corrected chi connectivity index (χ4v) is 1.53. The van der Waals surface area contributed by atoms with Gasteiger partial charge in [-0.1, -0.05) is 36.4 Å². The molecule has 1 aromatic carbocycles. The highest BCUT2D eigenvalue weighted by molar-refractivity contribution is 5.97. The van der Waals surface area contributed by atoms with Gasteiger partial charge in [0.05, 0.1) is 12.2 Å². The fraction of sp³-hybridized carbons (Fsp3) is 0.143. The van der Waals surface area contributed by atoms with Gasteiger partial charge in [0.2, 0.25) is 0 Å². The van der Waals surface area contributed by atoms with Crippen LogP contribution in [0, 0.1) is 0 Å². The number of hydrogen-bond acceptors (Lipinski definition) is 3. The maximum Gasteiger partial charge on any atom is 0.176 e. The Morgan fingerprint density at radius 2 is 1.82 bits per heavy atom. The van der Waals surface area contributed by atoms with Crippen LogP contribution in [0.3, 0.4) is 0 Å². The van der Waals surface area contributed by atoms with Crippen LogP contribution in [-0.4, -0.2) is 17.3 Å². The van der Waals surface area contributed by atoms with Crippen LogP contribution in [0.5, 0.6) is 0 Å². The van der Waals surface area contributed by atoms with Gasteiger partial charge >= 0.3 is 0 Å². The maximum absolute atomic E-state index is 11.8. The third kappa shape index (κ3) is 3.50. The van der Waals surface area contributed by atoms with Gasteiger partial charge in [0.15, 0.2) is 5.78 Å². The first-order chi connectivity index (χ1) is 8.36. The maximum atomic E-state index is 11.8. The number of ketones is 1. The molecule has 1 heterocycles. The highest BCUT2D eigenvalue weighted by Gasteiger charge is 2.03. The lowest BCUT2D eigenvalue weighted by atomic mass is 10.1. The molecule has 3 nitrogen and oxygen atoms in total. The summed E-state index contributed by atoms with van der Waals surface area (Å²) in [4.78, 5) is 15.9. The van der Waals surface area contributed by atoms with E-state index in [1.54, 1.807) is 6.20 Å². The molecule has 0 bridgehead atoms. The molecule has 0 aliphatic rings. The van der Waals surface area contributed by atoms with Crippen molar-refractivity contribution in [3.8, 4) is 0 Å². The molecular formula is C14H14N2O. The summed E-state index contributed by atoms with van der Waals surface area (Å²) in [5.41, 5.74) is 1.68. The molecule has 0 spiro atoms. The molecule has 0 amide bonds. The molecule has 1 N–H and O–H groups in total. The zero-order valence-corrected chi connectivity index (χ0v) is 9.47. The van der Waals surface area contributed by atoms with E-state index in [-0.39, 0.29) is 5.78 Å². The first-order valence-corrected chi connectivity index (χ1v) is 5.55. The van der Waals surface area contributed by atoms with Crippen molar-refractivity contribution >= 4 is 5.78 Å². The second kappa shape index (κ2) is 5.92. The van der Waals surface area contributed by atoms with Crippen LogP contribution in [0.1, 0.15) is 16.1 Å². The van der Waals surface area contributed by atoms with Crippen LogP contribution < -0.4 is 5.32 Å². The predicted molar refractivity (Wildman–Crippen MR) is 66.7 cm³/mol. The number of nitrogens with zero attached hydrogens (tertiary/aromatic N) is 1. The summed E-state index contributed by atoms with van der Waals surface area (Å²) < 4.78 is 0. The number of hydrogen-bond donors (Lipinski definition) is 1. The Bertz CT molecular complexity index is 468. The fourth-order valence-electron chi connectivity index (χ4n) is 1.53. The highest BCUT2D eigenvalue weighted by Crippen LogP contribution is 1.99. The van der Waals surface area contributed by atoms with Crippen molar-refractivity contribution in [2.24, 2.45) is 0 Å². The molecule has 0 atom stereocenters. The van der Waals surface area contributed by atoms with Crippen LogP contribution in [0.25, 0.3) is 0 Å². The summed E-state index contributed by atoms with van der Waals surface area (Å²) in [6.45, 7) is 0.944. The van der Waals surface area contributed by atoms with Gasteiger partial charge in [-0.2, -0.15) is 0 Å². The number of pyridine rings is 1. The van der Waals surface area contributed by atoms with Gasteiger partial charge in [-0.05, 0) is 12.1 Å². The van der Waals surface area contributed by atoms with E-state index in [4.69, 9.17) is 0 Å². The van der Waals surface area contributed by atoms with Gasteiger partial charge < -0.3 is 5.32 Å². The third-order valence-corrected chi connectivity index (χ3v) is 2.41. The van der Waals surface area contributed by atoms with Crippen molar-refractivity contribution in [3.63, 3.8) is 0 Å². The van der Waals surface area contributed by atoms with Gasteiger partial charge in [-0.15, -0.1) is 0 Å². The molecule has 0 saturated heterocycles. The van der Waals surface area contributed by atoms with Crippen molar-refractivity contribution in [3.05, 3.63) is 66.0 Å². The van der Waals surface area contributed by atoms with Crippen molar-refractivity contribution in [1.82, 2.24) is 10.3 Å². The molecule has 1 aromatic heterocycles. The quantitative estimate of drug-likeness (QED) is 0.793. The van der Waals surface area contributed by atoms with Crippen LogP contribution in [0.15, 0.2) is 54.7 Å². The number of Topliss-reactive ketones (excluding diaryl/α,β-unsaturated/α-hetero) is 1. The van der Waals surface area contributed by atoms with Gasteiger partial charge in [0.25, 0.3) is 0 Å². The minimum atomic E-state index is 0.0986. The largest absolute Gasteiger partial charge is 0.304 e. The highest BCUT2D eigenvalue weighted by atomic mass is 16.1. The van der Waals surface area contributed by atoms with E-state index in [0.29, 0.717) is 13.1 Å². The number of nitrogens with one attached hydrogen (secondary N) is 1. The van der Waals surface area contributed by atoms with Crippen LogP contribution in [0.2, 0.25) is 0 Å². The van der Waals surface area contributed by atoms with E-state index in [9.17, 15) is 4.79 Å². The van der Waals surface area contributed by atoms with Gasteiger partial charge in [-0.25, -0.2) is 0 Å². The van der Waals surface area contributed by atoms with E-state index in [1.165, 1.54) is 0 Å². The lowest BCUT2D eigenvalue weighted by Gasteiger charge is -2.03. The molecule has 0 fully saturated rings. The molecule has 0 radical (unpaired) electrons. The first kappa shape index (κ1) is 11.5. The minimum Gasteiger partial charge on any atom is -0.304 e. The summed E-state index contributed by atoms with van der Waals surface area (Å²) in [5.74, 6) is 0.0986. The van der Waals surface area contributed by atoms with Crippen molar-refractivity contribution in [2.45, 2.75) is 6.54 Å². The zero-order valence-electron chi connectivity index (χ0n) is 9.47. The molecule has 0 aliphatic carbocycles. The smallest absolute Gasteiger partial charge is 0.176 e. The summed E-state index contributed by atoms with van der Waals surface area (Å²) in [6, 6.07) is 15.0. The van der Waals surface area contributed by atoms with E-state index >= 15 is 0 Å². The molecule has 0 aliphatic heterocycles. The molecular weight excluding hydrogens is 212 g/mol. The SMILES string of the molecule is O=C(CNCc1ccccn1)c1ccccc1. The minimum absolute atomic E-state index is 0.0986. The Morgan fingerprint density at radius 1 is 1.06 bits per heavy atom. The van der Waals surface area contributed by atoms with Gasteiger partial charge in [0.1, 0.15) is 0 Å². The molecule has 3 heteroatoms. The molecule has 86 valence electrons. The molecule has 0 saturated carbocycles. The second-order valence-electron chi connectivity index (χ2n) is 3.71. The van der Waals surface area contributed by atoms with Crippen LogP contribution >= 0.6 is 0 Å². The van der Waals surface area contributed by atoms with Gasteiger partial charge in [-0.3, -0.25) is 9.78 Å². The van der Waals surface area contributed by atoms with E-state index in [0.717, 1.165) is 11.3 Å². The molecule has 0 unspecified atom stereocenters. The number of carbonyl (C=O) groups excluding carboxylic acids is 1. The summed E-state index contributed by atoms with van der Waals surface area (Å²) in [7, 11) is 0. The van der Waals surface area contributed by atoms with Gasteiger partial charge in [0, 0.05) is 18.3 Å². The van der Waals surface area contributed by atoms with E-state index in [1.807, 2.05) is 48.5 Å². The number of carbonyl (C=O) groups is 1. The Labute approximate surface area is 101 Å². The van der Waals surface area contributed by atoms with Crippen molar-refractivity contribution in [2.75, 3.05) is 6.54 Å². The first-order valence-electron chi connectivity index (χ1n) is 5.55. The zero-order chi connectivity index (χ0) is 11.9. The standard InChI is InChI=1S/C14H14N2O/c17-14(12-6-2-1-3-7-12)11-15-10-13-8-4-5-9-16-13/h1-9,15H,10-11H2. The Morgan fingerprint density at radius 3 is 2.53 bits per heavy atom. The number of aromatic nitrogens is 1. The summed E-state index contributed by atoms with van der Waals surface area (Å²) in [5, 5.41) is 3.09. The Kier molecular flexibility index (Phi) is 4.00. The number of benzene rings is 1. The average Bonchev–Trinajstić information content (AvgIpc) is 2.41. The molecule has 17 heavy (non-hydrogen) atoms. The lowest BCUT2D eigenvalue weighted by Crippen LogP contribution is -2.22. The van der Waals surface area contributed by atoms with Crippen LogP contribution in [-0.2, 0) is 6.54 Å². The molecule has 2 rings (SSSR count). The average molecular weight is 226 g/mol. The number of rotatable bonds is 5. The summed E-state index contributed by atoms with van der Waals surface area (Å²) in [6.07, 6.45) is 1.75.